The summed E-state index contributed by atoms with van der Waals surface area (Å²) >= 11 is 0. The number of hydrogen-bond donors (Lipinski definition) is 2. The quantitative estimate of drug-likeness (QED) is 0.693. The summed E-state index contributed by atoms with van der Waals surface area (Å²) < 4.78 is 1.84. The van der Waals surface area contributed by atoms with Gasteiger partial charge < -0.3 is 10.4 Å². The SMILES string of the molecule is Cc1c(CNCCO)cnn1C.Cl. The molecular formula is C8H16ClN3O. The average molecular weight is 206 g/mol. The minimum Gasteiger partial charge on any atom is -0.395 e. The zero-order valence-corrected chi connectivity index (χ0v) is 8.77. The highest BCUT2D eigenvalue weighted by Crippen LogP contribution is 2.03. The number of aliphatic hydroxyl groups is 1. The summed E-state index contributed by atoms with van der Waals surface area (Å²) in [5.74, 6) is 0. The summed E-state index contributed by atoms with van der Waals surface area (Å²) in [4.78, 5) is 0. The second-order valence-corrected chi connectivity index (χ2v) is 2.78. The van der Waals surface area contributed by atoms with Crippen molar-refractivity contribution in [3.05, 3.63) is 17.5 Å². The first-order chi connectivity index (χ1) is 5.75. The second-order valence-electron chi connectivity index (χ2n) is 2.78. The number of hydrogen-bond acceptors (Lipinski definition) is 3. The number of nitrogens with one attached hydrogen (secondary N) is 1. The van der Waals surface area contributed by atoms with Crippen LogP contribution in [0.3, 0.4) is 0 Å². The molecule has 0 atom stereocenters. The van der Waals surface area contributed by atoms with E-state index in [1.165, 1.54) is 11.3 Å². The van der Waals surface area contributed by atoms with E-state index in [1.54, 1.807) is 0 Å². The van der Waals surface area contributed by atoms with E-state index in [2.05, 4.69) is 10.4 Å². The van der Waals surface area contributed by atoms with Crippen molar-refractivity contribution in [3.63, 3.8) is 0 Å². The van der Waals surface area contributed by atoms with Gasteiger partial charge >= 0.3 is 0 Å². The predicted octanol–water partition coefficient (Wildman–Crippen LogP) is 0.232. The molecule has 1 aromatic rings. The molecule has 4 nitrogen and oxygen atoms in total. The lowest BCUT2D eigenvalue weighted by molar-refractivity contribution is 0.292. The summed E-state index contributed by atoms with van der Waals surface area (Å²) in [6.07, 6.45) is 1.85. The van der Waals surface area contributed by atoms with Crippen molar-refractivity contribution in [1.29, 1.82) is 0 Å². The molecule has 2 N–H and O–H groups in total. The van der Waals surface area contributed by atoms with E-state index in [0.29, 0.717) is 6.54 Å². The molecule has 1 aromatic heterocycles. The topological polar surface area (TPSA) is 50.1 Å². The van der Waals surface area contributed by atoms with Crippen molar-refractivity contribution in [2.75, 3.05) is 13.2 Å². The molecule has 0 radical (unpaired) electrons. The lowest BCUT2D eigenvalue weighted by atomic mass is 10.2. The Morgan fingerprint density at radius 1 is 1.62 bits per heavy atom. The van der Waals surface area contributed by atoms with Crippen LogP contribution in [0.5, 0.6) is 0 Å². The van der Waals surface area contributed by atoms with Gasteiger partial charge in [0.15, 0.2) is 0 Å². The molecule has 1 rings (SSSR count). The van der Waals surface area contributed by atoms with Crippen LogP contribution >= 0.6 is 12.4 Å². The fourth-order valence-electron chi connectivity index (χ4n) is 1.02. The minimum atomic E-state index is 0. The number of aliphatic hydroxyl groups excluding tert-OH is 1. The van der Waals surface area contributed by atoms with Gasteiger partial charge in [-0.2, -0.15) is 5.10 Å². The van der Waals surface area contributed by atoms with E-state index in [9.17, 15) is 0 Å². The normalized spacial score (nSPS) is 9.77. The zero-order valence-electron chi connectivity index (χ0n) is 7.95. The van der Waals surface area contributed by atoms with Gasteiger partial charge in [-0.25, -0.2) is 0 Å². The van der Waals surface area contributed by atoms with E-state index < -0.39 is 0 Å². The van der Waals surface area contributed by atoms with Crippen LogP contribution in [0.25, 0.3) is 0 Å². The molecule has 0 saturated heterocycles. The van der Waals surface area contributed by atoms with Crippen LogP contribution in [-0.4, -0.2) is 28.0 Å². The molecule has 0 aliphatic carbocycles. The van der Waals surface area contributed by atoms with Crippen molar-refractivity contribution in [2.45, 2.75) is 13.5 Å². The maximum Gasteiger partial charge on any atom is 0.0556 e. The summed E-state index contributed by atoms with van der Waals surface area (Å²) in [5.41, 5.74) is 2.35. The molecule has 5 heteroatoms. The summed E-state index contributed by atoms with van der Waals surface area (Å²) in [7, 11) is 1.92. The summed E-state index contributed by atoms with van der Waals surface area (Å²) in [6.45, 7) is 3.62. The third kappa shape index (κ3) is 3.34. The maximum absolute atomic E-state index is 8.54. The molecule has 0 fully saturated rings. The number of rotatable bonds is 4. The van der Waals surface area contributed by atoms with Crippen molar-refractivity contribution in [1.82, 2.24) is 15.1 Å². The van der Waals surface area contributed by atoms with E-state index in [0.717, 1.165) is 6.54 Å². The largest absolute Gasteiger partial charge is 0.395 e. The number of aryl methyl sites for hydroxylation is 1. The van der Waals surface area contributed by atoms with Crippen LogP contribution < -0.4 is 5.32 Å². The standard InChI is InChI=1S/C8H15N3O.ClH/c1-7-8(5-9-3-4-12)6-10-11(7)2;/h6,9,12H,3-5H2,1-2H3;1H. The third-order valence-electron chi connectivity index (χ3n) is 1.94. The molecule has 13 heavy (non-hydrogen) atoms. The fraction of sp³-hybridized carbons (Fsp3) is 0.625. The van der Waals surface area contributed by atoms with Gasteiger partial charge in [-0.3, -0.25) is 4.68 Å². The van der Waals surface area contributed by atoms with Crippen molar-refractivity contribution in [3.8, 4) is 0 Å². The molecular weight excluding hydrogens is 190 g/mol. The lowest BCUT2D eigenvalue weighted by Crippen LogP contribution is -2.17. The van der Waals surface area contributed by atoms with Gasteiger partial charge in [-0.1, -0.05) is 0 Å². The molecule has 0 spiro atoms. The van der Waals surface area contributed by atoms with Crippen molar-refractivity contribution < 1.29 is 5.11 Å². The van der Waals surface area contributed by atoms with E-state index in [4.69, 9.17) is 5.11 Å². The van der Waals surface area contributed by atoms with E-state index in [-0.39, 0.29) is 19.0 Å². The Balaban J connectivity index is 0.00000144. The first-order valence-corrected chi connectivity index (χ1v) is 4.04. The Labute approximate surface area is 84.4 Å². The van der Waals surface area contributed by atoms with Gasteiger partial charge in [0, 0.05) is 31.4 Å². The van der Waals surface area contributed by atoms with Crippen LogP contribution in [0, 0.1) is 6.92 Å². The van der Waals surface area contributed by atoms with Crippen molar-refractivity contribution >= 4 is 12.4 Å². The van der Waals surface area contributed by atoms with Crippen LogP contribution in [0.15, 0.2) is 6.20 Å². The molecule has 0 amide bonds. The highest BCUT2D eigenvalue weighted by atomic mass is 35.5. The molecule has 0 unspecified atom stereocenters. The average Bonchev–Trinajstić information content (AvgIpc) is 2.36. The second kappa shape index (κ2) is 5.96. The van der Waals surface area contributed by atoms with Gasteiger partial charge in [-0.15, -0.1) is 12.4 Å². The molecule has 0 aliphatic heterocycles. The van der Waals surface area contributed by atoms with E-state index >= 15 is 0 Å². The Kier molecular flexibility index (Phi) is 5.70. The molecule has 1 heterocycles. The predicted molar refractivity (Wildman–Crippen MR) is 54.0 cm³/mol. The first kappa shape index (κ1) is 12.4. The lowest BCUT2D eigenvalue weighted by Gasteiger charge is -2.01. The van der Waals surface area contributed by atoms with Crippen LogP contribution in [0.1, 0.15) is 11.3 Å². The smallest absolute Gasteiger partial charge is 0.0556 e. The highest BCUT2D eigenvalue weighted by Gasteiger charge is 2.01. The Morgan fingerprint density at radius 2 is 2.31 bits per heavy atom. The Morgan fingerprint density at radius 3 is 2.77 bits per heavy atom. The maximum atomic E-state index is 8.54. The van der Waals surface area contributed by atoms with Crippen LogP contribution in [0.4, 0.5) is 0 Å². The molecule has 0 aromatic carbocycles. The summed E-state index contributed by atoms with van der Waals surface area (Å²) in [5, 5.41) is 15.7. The number of halogens is 1. The summed E-state index contributed by atoms with van der Waals surface area (Å²) in [6, 6.07) is 0. The first-order valence-electron chi connectivity index (χ1n) is 4.04. The van der Waals surface area contributed by atoms with E-state index in [1.807, 2.05) is 24.9 Å². The third-order valence-corrected chi connectivity index (χ3v) is 1.94. The van der Waals surface area contributed by atoms with Crippen LogP contribution in [0.2, 0.25) is 0 Å². The van der Waals surface area contributed by atoms with Crippen LogP contribution in [-0.2, 0) is 13.6 Å². The number of nitrogens with zero attached hydrogens (tertiary/aromatic N) is 2. The molecule has 0 saturated carbocycles. The van der Waals surface area contributed by atoms with Gasteiger partial charge in [0.1, 0.15) is 0 Å². The molecule has 76 valence electrons. The Hall–Kier alpha value is -0.580. The van der Waals surface area contributed by atoms with Gasteiger partial charge in [0.2, 0.25) is 0 Å². The molecule has 0 bridgehead atoms. The Bertz CT molecular complexity index is 250. The highest BCUT2D eigenvalue weighted by molar-refractivity contribution is 5.85. The monoisotopic (exact) mass is 205 g/mol. The van der Waals surface area contributed by atoms with Crippen molar-refractivity contribution in [2.24, 2.45) is 7.05 Å². The van der Waals surface area contributed by atoms with Gasteiger partial charge in [0.05, 0.1) is 12.8 Å². The fourth-order valence-corrected chi connectivity index (χ4v) is 1.02. The van der Waals surface area contributed by atoms with Gasteiger partial charge in [-0.05, 0) is 6.92 Å². The minimum absolute atomic E-state index is 0. The van der Waals surface area contributed by atoms with Gasteiger partial charge in [0.25, 0.3) is 0 Å². The number of aromatic nitrogens is 2. The molecule has 0 aliphatic rings. The zero-order chi connectivity index (χ0) is 8.97.